The summed E-state index contributed by atoms with van der Waals surface area (Å²) in [7, 11) is 1.68. The fourth-order valence-electron chi connectivity index (χ4n) is 3.93. The van der Waals surface area contributed by atoms with Crippen molar-refractivity contribution in [2.75, 3.05) is 26.7 Å². The maximum Gasteiger partial charge on any atom is 0.223 e. The van der Waals surface area contributed by atoms with Crippen LogP contribution in [0.2, 0.25) is 0 Å². The number of carbonyl (C=O) groups is 1. The summed E-state index contributed by atoms with van der Waals surface area (Å²) in [5.74, 6) is 1.12. The first-order chi connectivity index (χ1) is 11.7. The van der Waals surface area contributed by atoms with E-state index in [0.717, 1.165) is 38.1 Å². The maximum atomic E-state index is 12.4. The summed E-state index contributed by atoms with van der Waals surface area (Å²) in [6.07, 6.45) is 5.18. The second-order valence-electron chi connectivity index (χ2n) is 7.05. The van der Waals surface area contributed by atoms with Crippen LogP contribution in [0.1, 0.15) is 43.7 Å². The van der Waals surface area contributed by atoms with E-state index < -0.39 is 0 Å². The zero-order valence-electron chi connectivity index (χ0n) is 14.5. The molecule has 1 heterocycles. The van der Waals surface area contributed by atoms with Crippen molar-refractivity contribution in [2.45, 2.75) is 44.2 Å². The van der Waals surface area contributed by atoms with E-state index in [-0.39, 0.29) is 23.9 Å². The molecule has 0 spiro atoms. The molecule has 3 unspecified atom stereocenters. The lowest BCUT2D eigenvalue weighted by Gasteiger charge is -2.28. The van der Waals surface area contributed by atoms with Crippen LogP contribution in [0.3, 0.4) is 0 Å². The number of carbonyl (C=O) groups excluding carboxylic acids is 1. The number of rotatable bonds is 6. The second kappa shape index (κ2) is 7.99. The number of nitrogens with zero attached hydrogens (tertiary/aromatic N) is 1. The van der Waals surface area contributed by atoms with Crippen LogP contribution in [-0.2, 0) is 4.79 Å². The number of benzene rings is 1. The van der Waals surface area contributed by atoms with E-state index in [1.807, 2.05) is 12.1 Å². The largest absolute Gasteiger partial charge is 0.497 e. The van der Waals surface area contributed by atoms with Crippen LogP contribution in [0.5, 0.6) is 5.75 Å². The predicted molar refractivity (Wildman–Crippen MR) is 94.9 cm³/mol. The van der Waals surface area contributed by atoms with E-state index in [1.165, 1.54) is 18.4 Å². The van der Waals surface area contributed by atoms with Gasteiger partial charge in [0.2, 0.25) is 5.91 Å². The van der Waals surface area contributed by atoms with Crippen LogP contribution in [0, 0.1) is 5.92 Å². The smallest absolute Gasteiger partial charge is 0.223 e. The van der Waals surface area contributed by atoms with E-state index in [2.05, 4.69) is 22.3 Å². The van der Waals surface area contributed by atoms with Crippen LogP contribution in [0.25, 0.3) is 0 Å². The summed E-state index contributed by atoms with van der Waals surface area (Å²) in [6.45, 7) is 2.86. The van der Waals surface area contributed by atoms with Gasteiger partial charge in [-0.05, 0) is 62.9 Å². The van der Waals surface area contributed by atoms with Crippen LogP contribution >= 0.6 is 0 Å². The normalized spacial score (nSPS) is 25.6. The highest BCUT2D eigenvalue weighted by molar-refractivity contribution is 5.79. The number of hydrogen-bond donors (Lipinski definition) is 2. The molecule has 1 aliphatic carbocycles. The quantitative estimate of drug-likeness (QED) is 0.837. The summed E-state index contributed by atoms with van der Waals surface area (Å²) in [5, 5.41) is 3.18. The summed E-state index contributed by atoms with van der Waals surface area (Å²) in [6, 6.07) is 8.64. The third-order valence-electron chi connectivity index (χ3n) is 5.40. The summed E-state index contributed by atoms with van der Waals surface area (Å²) in [5.41, 5.74) is 7.17. The zero-order valence-corrected chi connectivity index (χ0v) is 14.5. The highest BCUT2D eigenvalue weighted by Crippen LogP contribution is 2.27. The van der Waals surface area contributed by atoms with Crippen molar-refractivity contribution < 1.29 is 9.53 Å². The Morgan fingerprint density at radius 2 is 2.00 bits per heavy atom. The second-order valence-corrected chi connectivity index (χ2v) is 7.05. The molecule has 132 valence electrons. The Morgan fingerprint density at radius 1 is 1.29 bits per heavy atom. The van der Waals surface area contributed by atoms with Gasteiger partial charge in [0.1, 0.15) is 5.75 Å². The lowest BCUT2D eigenvalue weighted by molar-refractivity contribution is -0.125. The Balaban J connectivity index is 1.64. The molecule has 1 aliphatic heterocycles. The molecule has 5 heteroatoms. The number of hydrogen-bond acceptors (Lipinski definition) is 4. The van der Waals surface area contributed by atoms with Crippen LogP contribution in [0.4, 0.5) is 0 Å². The summed E-state index contributed by atoms with van der Waals surface area (Å²) >= 11 is 0. The molecule has 0 bridgehead atoms. The average molecular weight is 331 g/mol. The van der Waals surface area contributed by atoms with Gasteiger partial charge in [-0.15, -0.1) is 0 Å². The van der Waals surface area contributed by atoms with Gasteiger partial charge in [0.05, 0.1) is 13.2 Å². The first-order valence-corrected chi connectivity index (χ1v) is 9.08. The van der Waals surface area contributed by atoms with E-state index in [0.29, 0.717) is 6.54 Å². The Labute approximate surface area is 144 Å². The van der Waals surface area contributed by atoms with Crippen molar-refractivity contribution in [3.05, 3.63) is 29.8 Å². The SMILES string of the molecule is COc1ccc(C(CNC(=O)C2CCC(N)C2)N2CCCC2)cc1. The molecule has 2 fully saturated rings. The lowest BCUT2D eigenvalue weighted by atomic mass is 10.0. The number of likely N-dealkylation sites (tertiary alicyclic amines) is 1. The molecule has 1 aromatic rings. The topological polar surface area (TPSA) is 67.6 Å². The van der Waals surface area contributed by atoms with Gasteiger partial charge >= 0.3 is 0 Å². The molecule has 1 saturated heterocycles. The first kappa shape index (κ1) is 17.2. The highest BCUT2D eigenvalue weighted by Gasteiger charge is 2.29. The van der Waals surface area contributed by atoms with Crippen molar-refractivity contribution >= 4 is 5.91 Å². The molecule has 0 aromatic heterocycles. The molecule has 1 amide bonds. The maximum absolute atomic E-state index is 12.4. The van der Waals surface area contributed by atoms with Crippen molar-refractivity contribution in [3.8, 4) is 5.75 Å². The van der Waals surface area contributed by atoms with Gasteiger partial charge in [-0.1, -0.05) is 12.1 Å². The highest BCUT2D eigenvalue weighted by atomic mass is 16.5. The standard InChI is InChI=1S/C19H29N3O2/c1-24-17-8-5-14(6-9-17)18(22-10-2-3-11-22)13-21-19(23)15-4-7-16(20)12-15/h5-6,8-9,15-16,18H,2-4,7,10-13,20H2,1H3,(H,21,23). The molecular formula is C19H29N3O2. The Bertz CT molecular complexity index is 540. The lowest BCUT2D eigenvalue weighted by Crippen LogP contribution is -2.39. The Hall–Kier alpha value is -1.59. The Morgan fingerprint density at radius 3 is 2.58 bits per heavy atom. The van der Waals surface area contributed by atoms with Crippen LogP contribution in [0.15, 0.2) is 24.3 Å². The third kappa shape index (κ3) is 4.08. The summed E-state index contributed by atoms with van der Waals surface area (Å²) < 4.78 is 5.25. The van der Waals surface area contributed by atoms with Gasteiger partial charge in [-0.3, -0.25) is 9.69 Å². The molecule has 3 N–H and O–H groups in total. The van der Waals surface area contributed by atoms with Gasteiger partial charge in [-0.2, -0.15) is 0 Å². The predicted octanol–water partition coefficient (Wildman–Crippen LogP) is 2.08. The van der Waals surface area contributed by atoms with E-state index in [4.69, 9.17) is 10.5 Å². The van der Waals surface area contributed by atoms with Gasteiger partial charge in [0.25, 0.3) is 0 Å². The molecule has 0 radical (unpaired) electrons. The van der Waals surface area contributed by atoms with Crippen LogP contribution < -0.4 is 15.8 Å². The number of nitrogens with two attached hydrogens (primary N) is 1. The number of ether oxygens (including phenoxy) is 1. The van der Waals surface area contributed by atoms with Gasteiger partial charge in [0, 0.05) is 18.5 Å². The number of amides is 1. The third-order valence-corrected chi connectivity index (χ3v) is 5.40. The molecule has 3 atom stereocenters. The van der Waals surface area contributed by atoms with Crippen molar-refractivity contribution in [3.63, 3.8) is 0 Å². The minimum absolute atomic E-state index is 0.0927. The molecule has 24 heavy (non-hydrogen) atoms. The molecular weight excluding hydrogens is 302 g/mol. The van der Waals surface area contributed by atoms with Crippen molar-refractivity contribution in [1.82, 2.24) is 10.2 Å². The monoisotopic (exact) mass is 331 g/mol. The molecule has 1 aromatic carbocycles. The number of methoxy groups -OCH3 is 1. The van der Waals surface area contributed by atoms with Gasteiger partial charge < -0.3 is 15.8 Å². The average Bonchev–Trinajstić information content (AvgIpc) is 3.27. The first-order valence-electron chi connectivity index (χ1n) is 9.08. The molecule has 5 nitrogen and oxygen atoms in total. The van der Waals surface area contributed by atoms with Gasteiger partial charge in [-0.25, -0.2) is 0 Å². The fraction of sp³-hybridized carbons (Fsp3) is 0.632. The minimum atomic E-state index is 0.0927. The van der Waals surface area contributed by atoms with E-state index in [1.54, 1.807) is 7.11 Å². The molecule has 3 rings (SSSR count). The zero-order chi connectivity index (χ0) is 16.9. The van der Waals surface area contributed by atoms with Crippen molar-refractivity contribution in [2.24, 2.45) is 11.7 Å². The minimum Gasteiger partial charge on any atom is -0.497 e. The molecule has 1 saturated carbocycles. The van der Waals surface area contributed by atoms with Gasteiger partial charge in [0.15, 0.2) is 0 Å². The van der Waals surface area contributed by atoms with E-state index in [9.17, 15) is 4.79 Å². The van der Waals surface area contributed by atoms with E-state index >= 15 is 0 Å². The number of nitrogens with one attached hydrogen (secondary N) is 1. The van der Waals surface area contributed by atoms with Crippen molar-refractivity contribution in [1.29, 1.82) is 0 Å². The molecule has 2 aliphatic rings. The van der Waals surface area contributed by atoms with Crippen LogP contribution in [-0.4, -0.2) is 43.6 Å². The Kier molecular flexibility index (Phi) is 5.74. The summed E-state index contributed by atoms with van der Waals surface area (Å²) in [4.78, 5) is 14.9. The fourth-order valence-corrected chi connectivity index (χ4v) is 3.93.